The molecule has 0 radical (unpaired) electrons. The highest BCUT2D eigenvalue weighted by Crippen LogP contribution is 2.20. The molecule has 0 bridgehead atoms. The van der Waals surface area contributed by atoms with Crippen molar-refractivity contribution in [3.63, 3.8) is 0 Å². The van der Waals surface area contributed by atoms with E-state index in [0.717, 1.165) is 36.1 Å². The van der Waals surface area contributed by atoms with Gasteiger partial charge in [-0.1, -0.05) is 17.2 Å². The van der Waals surface area contributed by atoms with Crippen molar-refractivity contribution in [3.8, 4) is 0 Å². The molecule has 1 heterocycles. The molecule has 1 amide bonds. The number of likely N-dealkylation sites (tertiary alicyclic amines) is 1. The van der Waals surface area contributed by atoms with Crippen LogP contribution >= 0.6 is 0 Å². The molecule has 0 aliphatic carbocycles. The molecule has 0 saturated carbocycles. The highest BCUT2D eigenvalue weighted by atomic mass is 16.2. The lowest BCUT2D eigenvalue weighted by molar-refractivity contribution is 0.0741. The predicted molar refractivity (Wildman–Crippen MR) is 69.0 cm³/mol. The predicted octanol–water partition coefficient (Wildman–Crippen LogP) is 1.87. The second-order valence-corrected chi connectivity index (χ2v) is 4.91. The Bertz CT molecular complexity index is 408. The highest BCUT2D eigenvalue weighted by Gasteiger charge is 2.28. The van der Waals surface area contributed by atoms with Crippen molar-refractivity contribution in [3.05, 3.63) is 34.9 Å². The summed E-state index contributed by atoms with van der Waals surface area (Å²) >= 11 is 0. The molecule has 3 nitrogen and oxygen atoms in total. The Hall–Kier alpha value is -1.35. The first-order chi connectivity index (χ1) is 8.11. The minimum atomic E-state index is 0.129. The van der Waals surface area contributed by atoms with E-state index in [4.69, 9.17) is 5.73 Å². The van der Waals surface area contributed by atoms with E-state index in [1.807, 2.05) is 30.9 Å². The zero-order valence-electron chi connectivity index (χ0n) is 10.6. The average Bonchev–Trinajstić information content (AvgIpc) is 2.74. The Morgan fingerprint density at radius 3 is 2.59 bits per heavy atom. The third-order valence-corrected chi connectivity index (χ3v) is 3.38. The molecule has 1 unspecified atom stereocenters. The van der Waals surface area contributed by atoms with Gasteiger partial charge >= 0.3 is 0 Å². The summed E-state index contributed by atoms with van der Waals surface area (Å²) in [6, 6.07) is 6.23. The van der Waals surface area contributed by atoms with E-state index in [2.05, 4.69) is 6.07 Å². The number of rotatable bonds is 2. The van der Waals surface area contributed by atoms with Crippen LogP contribution in [0, 0.1) is 13.8 Å². The van der Waals surface area contributed by atoms with Crippen molar-refractivity contribution < 1.29 is 4.79 Å². The molecule has 1 aromatic carbocycles. The summed E-state index contributed by atoms with van der Waals surface area (Å²) in [5.74, 6) is 0.129. The first-order valence-corrected chi connectivity index (χ1v) is 6.21. The maximum absolute atomic E-state index is 12.4. The van der Waals surface area contributed by atoms with E-state index in [0.29, 0.717) is 6.54 Å². The van der Waals surface area contributed by atoms with Gasteiger partial charge in [0.25, 0.3) is 5.91 Å². The van der Waals surface area contributed by atoms with Crippen LogP contribution in [0.3, 0.4) is 0 Å². The molecule has 1 saturated heterocycles. The largest absolute Gasteiger partial charge is 0.334 e. The topological polar surface area (TPSA) is 46.3 Å². The van der Waals surface area contributed by atoms with E-state index < -0.39 is 0 Å². The number of carbonyl (C=O) groups excluding carboxylic acids is 1. The molecule has 1 aliphatic rings. The number of nitrogens with two attached hydrogens (primary N) is 1. The molecule has 3 heteroatoms. The van der Waals surface area contributed by atoms with Crippen molar-refractivity contribution in [2.45, 2.75) is 32.7 Å². The summed E-state index contributed by atoms with van der Waals surface area (Å²) in [5, 5.41) is 0. The maximum Gasteiger partial charge on any atom is 0.254 e. The minimum Gasteiger partial charge on any atom is -0.334 e. The maximum atomic E-state index is 12.4. The Morgan fingerprint density at radius 1 is 1.35 bits per heavy atom. The van der Waals surface area contributed by atoms with Gasteiger partial charge in [0.2, 0.25) is 0 Å². The number of amides is 1. The van der Waals surface area contributed by atoms with E-state index in [9.17, 15) is 4.79 Å². The van der Waals surface area contributed by atoms with Crippen molar-refractivity contribution in [2.75, 3.05) is 13.1 Å². The Labute approximate surface area is 103 Å². The van der Waals surface area contributed by atoms with Gasteiger partial charge in [-0.2, -0.15) is 0 Å². The molecule has 1 fully saturated rings. The molecule has 17 heavy (non-hydrogen) atoms. The van der Waals surface area contributed by atoms with Gasteiger partial charge in [-0.25, -0.2) is 0 Å². The fourth-order valence-electron chi connectivity index (χ4n) is 2.61. The number of benzene rings is 1. The van der Waals surface area contributed by atoms with Crippen LogP contribution < -0.4 is 5.73 Å². The van der Waals surface area contributed by atoms with Crippen LogP contribution in [-0.2, 0) is 0 Å². The molecule has 92 valence electrons. The van der Waals surface area contributed by atoms with Crippen LogP contribution in [0.1, 0.15) is 34.3 Å². The Balaban J connectivity index is 2.24. The second kappa shape index (κ2) is 4.88. The second-order valence-electron chi connectivity index (χ2n) is 4.91. The number of nitrogens with zero attached hydrogens (tertiary/aromatic N) is 1. The third-order valence-electron chi connectivity index (χ3n) is 3.38. The fourth-order valence-corrected chi connectivity index (χ4v) is 2.61. The van der Waals surface area contributed by atoms with Gasteiger partial charge in [0.1, 0.15) is 0 Å². The number of hydrogen-bond donors (Lipinski definition) is 1. The molecular weight excluding hydrogens is 212 g/mol. The van der Waals surface area contributed by atoms with Gasteiger partial charge in [-0.05, 0) is 38.8 Å². The molecule has 1 aliphatic heterocycles. The highest BCUT2D eigenvalue weighted by molar-refractivity contribution is 5.95. The van der Waals surface area contributed by atoms with Gasteiger partial charge in [0.05, 0.1) is 0 Å². The summed E-state index contributed by atoms with van der Waals surface area (Å²) in [6.45, 7) is 5.45. The van der Waals surface area contributed by atoms with Crippen LogP contribution in [0.4, 0.5) is 0 Å². The quantitative estimate of drug-likeness (QED) is 0.846. The van der Waals surface area contributed by atoms with E-state index in [1.165, 1.54) is 0 Å². The van der Waals surface area contributed by atoms with Gasteiger partial charge in [-0.15, -0.1) is 0 Å². The SMILES string of the molecule is Cc1cc(C)cc(C(=O)N2CCCC2CN)c1. The zero-order chi connectivity index (χ0) is 12.4. The smallest absolute Gasteiger partial charge is 0.254 e. The summed E-state index contributed by atoms with van der Waals surface area (Å²) in [4.78, 5) is 14.3. The van der Waals surface area contributed by atoms with E-state index >= 15 is 0 Å². The minimum absolute atomic E-state index is 0.129. The standard InChI is InChI=1S/C14H20N2O/c1-10-6-11(2)8-12(7-10)14(17)16-5-3-4-13(16)9-15/h6-8,13H,3-5,9,15H2,1-2H3. The van der Waals surface area contributed by atoms with E-state index in [1.54, 1.807) is 0 Å². The lowest BCUT2D eigenvalue weighted by Crippen LogP contribution is -2.39. The number of aryl methyl sites for hydroxylation is 2. The van der Waals surface area contributed by atoms with Crippen molar-refractivity contribution in [1.29, 1.82) is 0 Å². The molecule has 2 N–H and O–H groups in total. The monoisotopic (exact) mass is 232 g/mol. The van der Waals surface area contributed by atoms with Gasteiger partial charge in [-0.3, -0.25) is 4.79 Å². The van der Waals surface area contributed by atoms with Crippen molar-refractivity contribution in [2.24, 2.45) is 5.73 Å². The first-order valence-electron chi connectivity index (χ1n) is 6.21. The summed E-state index contributed by atoms with van der Waals surface area (Å²) in [7, 11) is 0. The Kier molecular flexibility index (Phi) is 3.48. The zero-order valence-corrected chi connectivity index (χ0v) is 10.6. The van der Waals surface area contributed by atoms with Crippen LogP contribution in [0.5, 0.6) is 0 Å². The summed E-state index contributed by atoms with van der Waals surface area (Å²) in [6.07, 6.45) is 2.10. The Morgan fingerprint density at radius 2 is 2.00 bits per heavy atom. The molecule has 1 atom stereocenters. The summed E-state index contributed by atoms with van der Waals surface area (Å²) < 4.78 is 0. The molecule has 0 spiro atoms. The molecule has 2 rings (SSSR count). The summed E-state index contributed by atoms with van der Waals surface area (Å²) in [5.41, 5.74) is 8.77. The van der Waals surface area contributed by atoms with Crippen LogP contribution in [0.25, 0.3) is 0 Å². The third kappa shape index (κ3) is 2.50. The van der Waals surface area contributed by atoms with Gasteiger partial charge < -0.3 is 10.6 Å². The fraction of sp³-hybridized carbons (Fsp3) is 0.500. The normalized spacial score (nSPS) is 19.7. The van der Waals surface area contributed by atoms with E-state index in [-0.39, 0.29) is 11.9 Å². The number of carbonyl (C=O) groups is 1. The van der Waals surface area contributed by atoms with Crippen molar-refractivity contribution in [1.82, 2.24) is 4.90 Å². The average molecular weight is 232 g/mol. The van der Waals surface area contributed by atoms with Gasteiger partial charge in [0.15, 0.2) is 0 Å². The van der Waals surface area contributed by atoms with Crippen LogP contribution in [-0.4, -0.2) is 29.9 Å². The van der Waals surface area contributed by atoms with Crippen LogP contribution in [0.2, 0.25) is 0 Å². The van der Waals surface area contributed by atoms with Crippen LogP contribution in [0.15, 0.2) is 18.2 Å². The molecular formula is C14H20N2O. The number of hydrogen-bond acceptors (Lipinski definition) is 2. The molecule has 1 aromatic rings. The first kappa shape index (κ1) is 12.1. The van der Waals surface area contributed by atoms with Gasteiger partial charge in [0, 0.05) is 24.7 Å². The van der Waals surface area contributed by atoms with Crippen molar-refractivity contribution >= 4 is 5.91 Å². The lowest BCUT2D eigenvalue weighted by Gasteiger charge is -2.23. The lowest BCUT2D eigenvalue weighted by atomic mass is 10.1. The molecule has 0 aromatic heterocycles.